The Morgan fingerprint density at radius 2 is 2.19 bits per heavy atom. The zero-order chi connectivity index (χ0) is 12.3. The third-order valence-corrected chi connectivity index (χ3v) is 2.23. The number of primary amides is 1. The highest BCUT2D eigenvalue weighted by Crippen LogP contribution is 2.23. The zero-order valence-corrected chi connectivity index (χ0v) is 10.4. The van der Waals surface area contributed by atoms with E-state index >= 15 is 0 Å². The molecule has 0 bridgehead atoms. The van der Waals surface area contributed by atoms with Crippen LogP contribution in [0, 0.1) is 0 Å². The summed E-state index contributed by atoms with van der Waals surface area (Å²) in [5, 5.41) is 7.44. The molecule has 0 spiro atoms. The first kappa shape index (κ1) is 12.7. The smallest absolute Gasteiger partial charge is 0.231 e. The maximum Gasteiger partial charge on any atom is 0.231 e. The molecule has 3 N–H and O–H groups in total. The van der Waals surface area contributed by atoms with Gasteiger partial charge in [0.25, 0.3) is 0 Å². The molecular formula is C11H20N4O. The van der Waals surface area contributed by atoms with E-state index in [0.29, 0.717) is 6.54 Å². The topological polar surface area (TPSA) is 72.9 Å². The highest BCUT2D eigenvalue weighted by atomic mass is 16.1. The number of aromatic nitrogens is 2. The van der Waals surface area contributed by atoms with Crippen LogP contribution in [0.5, 0.6) is 0 Å². The van der Waals surface area contributed by atoms with Crippen LogP contribution in [0.2, 0.25) is 0 Å². The van der Waals surface area contributed by atoms with Gasteiger partial charge in [0.05, 0.1) is 12.2 Å². The second kappa shape index (κ2) is 4.65. The van der Waals surface area contributed by atoms with Crippen molar-refractivity contribution in [3.8, 4) is 0 Å². The van der Waals surface area contributed by atoms with Gasteiger partial charge in [-0.15, -0.1) is 0 Å². The van der Waals surface area contributed by atoms with Crippen LogP contribution in [-0.2, 0) is 23.8 Å². The Balaban J connectivity index is 2.75. The number of carbonyl (C=O) groups is 1. The minimum atomic E-state index is -0.346. The Morgan fingerprint density at radius 3 is 2.69 bits per heavy atom. The Labute approximate surface area is 96.0 Å². The molecule has 1 rings (SSSR count). The van der Waals surface area contributed by atoms with E-state index in [0.717, 1.165) is 11.3 Å². The molecule has 0 aliphatic heterocycles. The summed E-state index contributed by atoms with van der Waals surface area (Å²) in [6.07, 6.45) is 1.97. The van der Waals surface area contributed by atoms with Gasteiger partial charge in [-0.25, -0.2) is 0 Å². The van der Waals surface area contributed by atoms with E-state index in [4.69, 9.17) is 5.73 Å². The molecule has 0 aliphatic carbocycles. The molecule has 1 aromatic heterocycles. The Hall–Kier alpha value is -1.36. The first-order valence-electron chi connectivity index (χ1n) is 5.32. The molecule has 0 saturated carbocycles. The number of aryl methyl sites for hydroxylation is 1. The van der Waals surface area contributed by atoms with Crippen molar-refractivity contribution in [2.24, 2.45) is 12.8 Å². The van der Waals surface area contributed by atoms with Crippen molar-refractivity contribution in [1.29, 1.82) is 0 Å². The van der Waals surface area contributed by atoms with Gasteiger partial charge >= 0.3 is 0 Å². The van der Waals surface area contributed by atoms with Gasteiger partial charge in [-0.05, 0) is 0 Å². The van der Waals surface area contributed by atoms with Gasteiger partial charge in [-0.3, -0.25) is 9.48 Å². The third kappa shape index (κ3) is 3.34. The molecule has 0 aromatic carbocycles. The van der Waals surface area contributed by atoms with E-state index in [-0.39, 0.29) is 17.9 Å². The lowest BCUT2D eigenvalue weighted by atomic mass is 9.89. The number of amides is 1. The highest BCUT2D eigenvalue weighted by Gasteiger charge is 2.21. The van der Waals surface area contributed by atoms with Crippen LogP contribution < -0.4 is 11.1 Å². The fourth-order valence-electron chi connectivity index (χ4n) is 1.62. The molecule has 1 amide bonds. The molecule has 0 unspecified atom stereocenters. The lowest BCUT2D eigenvalue weighted by molar-refractivity contribution is -0.117. The van der Waals surface area contributed by atoms with E-state index in [2.05, 4.69) is 31.2 Å². The summed E-state index contributed by atoms with van der Waals surface area (Å²) >= 11 is 0. The maximum atomic E-state index is 10.6. The van der Waals surface area contributed by atoms with Crippen molar-refractivity contribution >= 4 is 5.91 Å². The SMILES string of the molecule is Cn1cc(CNCC(N)=O)c(C(C)(C)C)n1. The van der Waals surface area contributed by atoms with Crippen LogP contribution in [0.3, 0.4) is 0 Å². The van der Waals surface area contributed by atoms with E-state index < -0.39 is 0 Å². The van der Waals surface area contributed by atoms with Crippen molar-refractivity contribution in [3.63, 3.8) is 0 Å². The average molecular weight is 224 g/mol. The van der Waals surface area contributed by atoms with Crippen molar-refractivity contribution in [1.82, 2.24) is 15.1 Å². The van der Waals surface area contributed by atoms with Crippen LogP contribution in [0.4, 0.5) is 0 Å². The maximum absolute atomic E-state index is 10.6. The van der Waals surface area contributed by atoms with Gasteiger partial charge in [-0.1, -0.05) is 20.8 Å². The first-order valence-corrected chi connectivity index (χ1v) is 5.32. The van der Waals surface area contributed by atoms with Gasteiger partial charge in [0.2, 0.25) is 5.91 Å². The number of carbonyl (C=O) groups excluding carboxylic acids is 1. The number of nitrogens with one attached hydrogen (secondary N) is 1. The summed E-state index contributed by atoms with van der Waals surface area (Å²) in [7, 11) is 1.90. The Bertz CT molecular complexity index is 376. The molecule has 5 heteroatoms. The molecule has 16 heavy (non-hydrogen) atoms. The summed E-state index contributed by atoms with van der Waals surface area (Å²) in [6.45, 7) is 7.16. The van der Waals surface area contributed by atoms with Gasteiger partial charge < -0.3 is 11.1 Å². The van der Waals surface area contributed by atoms with Crippen LogP contribution in [0.25, 0.3) is 0 Å². The predicted octanol–water partition coefficient (Wildman–Crippen LogP) is 0.292. The standard InChI is InChI=1S/C11H20N4O/c1-11(2,3)10-8(7-15(4)14-10)5-13-6-9(12)16/h7,13H,5-6H2,1-4H3,(H2,12,16). The van der Waals surface area contributed by atoms with Crippen LogP contribution in [-0.4, -0.2) is 22.2 Å². The van der Waals surface area contributed by atoms with Crippen LogP contribution in [0.15, 0.2) is 6.20 Å². The fourth-order valence-corrected chi connectivity index (χ4v) is 1.62. The van der Waals surface area contributed by atoms with Crippen molar-refractivity contribution in [2.75, 3.05) is 6.54 Å². The number of hydrogen-bond acceptors (Lipinski definition) is 3. The molecule has 5 nitrogen and oxygen atoms in total. The van der Waals surface area contributed by atoms with Gasteiger partial charge in [-0.2, -0.15) is 5.10 Å². The van der Waals surface area contributed by atoms with Crippen LogP contribution in [0.1, 0.15) is 32.0 Å². The number of hydrogen-bond donors (Lipinski definition) is 2. The predicted molar refractivity (Wildman–Crippen MR) is 62.8 cm³/mol. The second-order valence-electron chi connectivity index (χ2n) is 5.00. The van der Waals surface area contributed by atoms with Gasteiger partial charge in [0.1, 0.15) is 0 Å². The molecule has 0 fully saturated rings. The number of rotatable bonds is 4. The lowest BCUT2D eigenvalue weighted by Gasteiger charge is -2.17. The molecular weight excluding hydrogens is 204 g/mol. The van der Waals surface area contributed by atoms with Crippen molar-refractivity contribution in [3.05, 3.63) is 17.5 Å². The molecule has 90 valence electrons. The van der Waals surface area contributed by atoms with E-state index in [9.17, 15) is 4.79 Å². The minimum absolute atomic E-state index is 0.00496. The fraction of sp³-hybridized carbons (Fsp3) is 0.636. The largest absolute Gasteiger partial charge is 0.369 e. The lowest BCUT2D eigenvalue weighted by Crippen LogP contribution is -2.28. The minimum Gasteiger partial charge on any atom is -0.369 e. The monoisotopic (exact) mass is 224 g/mol. The number of nitrogens with zero attached hydrogens (tertiary/aromatic N) is 2. The third-order valence-electron chi connectivity index (χ3n) is 2.23. The summed E-state index contributed by atoms with van der Waals surface area (Å²) < 4.78 is 1.79. The van der Waals surface area contributed by atoms with Crippen LogP contribution >= 0.6 is 0 Å². The zero-order valence-electron chi connectivity index (χ0n) is 10.4. The molecule has 1 heterocycles. The van der Waals surface area contributed by atoms with Crippen molar-refractivity contribution in [2.45, 2.75) is 32.7 Å². The molecule has 0 radical (unpaired) electrons. The van der Waals surface area contributed by atoms with Crippen molar-refractivity contribution < 1.29 is 4.79 Å². The normalized spacial score (nSPS) is 11.8. The molecule has 0 saturated heterocycles. The summed E-state index contributed by atoms with van der Waals surface area (Å²) in [5.41, 5.74) is 7.22. The Kier molecular flexibility index (Phi) is 3.70. The molecule has 0 atom stereocenters. The van der Waals surface area contributed by atoms with E-state index in [1.807, 2.05) is 13.2 Å². The van der Waals surface area contributed by atoms with E-state index in [1.54, 1.807) is 4.68 Å². The summed E-state index contributed by atoms with van der Waals surface area (Å²) in [4.78, 5) is 10.6. The summed E-state index contributed by atoms with van der Waals surface area (Å²) in [6, 6.07) is 0. The first-order chi connectivity index (χ1) is 7.30. The quantitative estimate of drug-likeness (QED) is 0.772. The van der Waals surface area contributed by atoms with Gasteiger partial charge in [0.15, 0.2) is 0 Å². The van der Waals surface area contributed by atoms with E-state index in [1.165, 1.54) is 0 Å². The average Bonchev–Trinajstić information content (AvgIpc) is 2.45. The van der Waals surface area contributed by atoms with Gasteiger partial charge in [0, 0.05) is 30.8 Å². The number of nitrogens with two attached hydrogens (primary N) is 1. The molecule has 0 aliphatic rings. The summed E-state index contributed by atoms with van der Waals surface area (Å²) in [5.74, 6) is -0.346. The molecule has 1 aromatic rings. The second-order valence-corrected chi connectivity index (χ2v) is 5.00. The highest BCUT2D eigenvalue weighted by molar-refractivity contribution is 5.75. The Morgan fingerprint density at radius 1 is 1.56 bits per heavy atom.